The van der Waals surface area contributed by atoms with E-state index in [2.05, 4.69) is 10.1 Å². The fraction of sp³-hybridized carbons (Fsp3) is 0.267. The molecule has 3 rings (SSSR count). The minimum Gasteiger partial charge on any atom is -0.368 e. The van der Waals surface area contributed by atoms with Crippen molar-refractivity contribution in [3.05, 3.63) is 35.5 Å². The number of pyridine rings is 1. The van der Waals surface area contributed by atoms with Gasteiger partial charge in [0.05, 0.1) is 11.7 Å². The topological polar surface area (TPSA) is 73.8 Å². The number of carbonyl (C=O) groups excluding carboxylic acids is 1. The van der Waals surface area contributed by atoms with E-state index >= 15 is 0 Å². The highest BCUT2D eigenvalue weighted by Gasteiger charge is 2.33. The number of primary amides is 1. The molecule has 0 saturated carbocycles. The van der Waals surface area contributed by atoms with E-state index < -0.39 is 22.5 Å². The molecule has 0 radical (unpaired) electrons. The second-order valence-electron chi connectivity index (χ2n) is 5.77. The zero-order valence-corrected chi connectivity index (χ0v) is 13.6. The van der Waals surface area contributed by atoms with Gasteiger partial charge in [-0.2, -0.15) is 18.3 Å². The van der Waals surface area contributed by atoms with Gasteiger partial charge in [0.2, 0.25) is 5.91 Å². The SMILES string of the molecule is CC(C)(C(N)=O)n1ncc2ncc(-c3ccc(C(F)(F)F)s3)cc21. The van der Waals surface area contributed by atoms with Gasteiger partial charge in [-0.1, -0.05) is 0 Å². The van der Waals surface area contributed by atoms with E-state index in [1.54, 1.807) is 19.9 Å². The van der Waals surface area contributed by atoms with Crippen LogP contribution < -0.4 is 5.73 Å². The normalized spacial score (nSPS) is 12.7. The molecule has 0 unspecified atom stereocenters. The molecule has 0 fully saturated rings. The van der Waals surface area contributed by atoms with Crippen LogP contribution in [0.5, 0.6) is 0 Å². The minimum atomic E-state index is -4.38. The van der Waals surface area contributed by atoms with E-state index in [0.717, 1.165) is 6.07 Å². The molecule has 9 heteroatoms. The van der Waals surface area contributed by atoms with Crippen LogP contribution in [0.3, 0.4) is 0 Å². The Balaban J connectivity index is 2.12. The average Bonchev–Trinajstić information content (AvgIpc) is 3.13. The molecule has 0 aliphatic heterocycles. The van der Waals surface area contributed by atoms with Crippen molar-refractivity contribution < 1.29 is 18.0 Å². The maximum absolute atomic E-state index is 12.8. The fourth-order valence-corrected chi connectivity index (χ4v) is 3.09. The Kier molecular flexibility index (Phi) is 3.63. The number of rotatable bonds is 3. The number of alkyl halides is 3. The molecule has 0 atom stereocenters. The van der Waals surface area contributed by atoms with Crippen molar-refractivity contribution in [2.75, 3.05) is 0 Å². The highest BCUT2D eigenvalue weighted by Crippen LogP contribution is 2.38. The third-order valence-electron chi connectivity index (χ3n) is 3.72. The zero-order chi connectivity index (χ0) is 17.7. The predicted molar refractivity (Wildman–Crippen MR) is 84.4 cm³/mol. The van der Waals surface area contributed by atoms with Gasteiger partial charge in [0, 0.05) is 16.6 Å². The molecule has 0 spiro atoms. The first-order valence-electron chi connectivity index (χ1n) is 6.92. The molecule has 3 aromatic heterocycles. The Hall–Kier alpha value is -2.42. The Morgan fingerprint density at radius 1 is 1.25 bits per heavy atom. The summed E-state index contributed by atoms with van der Waals surface area (Å²) in [5.74, 6) is -0.576. The Labute approximate surface area is 138 Å². The smallest absolute Gasteiger partial charge is 0.368 e. The summed E-state index contributed by atoms with van der Waals surface area (Å²) in [7, 11) is 0. The number of halogens is 3. The van der Waals surface area contributed by atoms with Crippen molar-refractivity contribution in [2.45, 2.75) is 25.6 Å². The third-order valence-corrected chi connectivity index (χ3v) is 4.90. The van der Waals surface area contributed by atoms with Crippen molar-refractivity contribution >= 4 is 28.3 Å². The summed E-state index contributed by atoms with van der Waals surface area (Å²) >= 11 is 0.637. The molecule has 0 saturated heterocycles. The molecule has 0 aliphatic rings. The molecule has 126 valence electrons. The van der Waals surface area contributed by atoms with E-state index in [4.69, 9.17) is 5.73 Å². The minimum absolute atomic E-state index is 0.432. The molecule has 0 aromatic carbocycles. The molecule has 3 aromatic rings. The van der Waals surface area contributed by atoms with Gasteiger partial charge >= 0.3 is 6.18 Å². The van der Waals surface area contributed by atoms with Crippen LogP contribution in [-0.2, 0) is 16.5 Å². The summed E-state index contributed by atoms with van der Waals surface area (Å²) in [6.07, 6.45) is -1.41. The van der Waals surface area contributed by atoms with E-state index in [1.165, 1.54) is 23.1 Å². The van der Waals surface area contributed by atoms with E-state index in [0.29, 0.717) is 32.8 Å². The van der Waals surface area contributed by atoms with Gasteiger partial charge in [0.25, 0.3) is 0 Å². The van der Waals surface area contributed by atoms with Gasteiger partial charge in [-0.3, -0.25) is 9.78 Å². The van der Waals surface area contributed by atoms with Crippen molar-refractivity contribution in [3.8, 4) is 10.4 Å². The second kappa shape index (κ2) is 5.30. The quantitative estimate of drug-likeness (QED) is 0.783. The van der Waals surface area contributed by atoms with Crippen LogP contribution in [0.2, 0.25) is 0 Å². The zero-order valence-electron chi connectivity index (χ0n) is 12.8. The molecule has 2 N–H and O–H groups in total. The van der Waals surface area contributed by atoms with E-state index in [9.17, 15) is 18.0 Å². The van der Waals surface area contributed by atoms with Gasteiger partial charge < -0.3 is 5.73 Å². The van der Waals surface area contributed by atoms with Crippen molar-refractivity contribution in [1.82, 2.24) is 14.8 Å². The number of thiophene rings is 1. The lowest BCUT2D eigenvalue weighted by molar-refractivity contribution is -0.134. The van der Waals surface area contributed by atoms with Gasteiger partial charge in [-0.25, -0.2) is 4.68 Å². The van der Waals surface area contributed by atoms with Crippen LogP contribution in [0, 0.1) is 0 Å². The molecule has 1 amide bonds. The van der Waals surface area contributed by atoms with E-state index in [1.807, 2.05) is 0 Å². The lowest BCUT2D eigenvalue weighted by atomic mass is 10.1. The molecule has 0 bridgehead atoms. The molecular weight excluding hydrogens is 341 g/mol. The number of hydrogen-bond donors (Lipinski definition) is 1. The first-order valence-corrected chi connectivity index (χ1v) is 7.74. The van der Waals surface area contributed by atoms with Gasteiger partial charge in [-0.05, 0) is 32.0 Å². The largest absolute Gasteiger partial charge is 0.425 e. The summed E-state index contributed by atoms with van der Waals surface area (Å²) < 4.78 is 39.7. The number of nitrogens with two attached hydrogens (primary N) is 1. The summed E-state index contributed by atoms with van der Waals surface area (Å²) in [5.41, 5.74) is 5.89. The predicted octanol–water partition coefficient (Wildman–Crippen LogP) is 3.40. The van der Waals surface area contributed by atoms with Gasteiger partial charge in [-0.15, -0.1) is 11.3 Å². The summed E-state index contributed by atoms with van der Waals surface area (Å²) in [6, 6.07) is 4.09. The summed E-state index contributed by atoms with van der Waals surface area (Å²) in [6.45, 7) is 3.22. The Morgan fingerprint density at radius 3 is 2.54 bits per heavy atom. The van der Waals surface area contributed by atoms with Crippen LogP contribution in [0.15, 0.2) is 30.6 Å². The number of carbonyl (C=O) groups is 1. The van der Waals surface area contributed by atoms with Crippen molar-refractivity contribution in [2.24, 2.45) is 5.73 Å². The summed E-state index contributed by atoms with van der Waals surface area (Å²) in [5, 5.41) is 4.14. The van der Waals surface area contributed by atoms with Crippen LogP contribution >= 0.6 is 11.3 Å². The standard InChI is InChI=1S/C15H13F3N4OS/c1-14(2,13(19)23)22-10-5-8(6-20-9(10)7-21-22)11-3-4-12(24-11)15(16,17)18/h3-7H,1-2H3,(H2,19,23). The highest BCUT2D eigenvalue weighted by molar-refractivity contribution is 7.15. The number of amides is 1. The maximum Gasteiger partial charge on any atom is 0.425 e. The Morgan fingerprint density at radius 2 is 1.96 bits per heavy atom. The number of nitrogens with zero attached hydrogens (tertiary/aromatic N) is 3. The lowest BCUT2D eigenvalue weighted by Gasteiger charge is -2.22. The van der Waals surface area contributed by atoms with Crippen LogP contribution in [0.25, 0.3) is 21.5 Å². The van der Waals surface area contributed by atoms with Crippen molar-refractivity contribution in [1.29, 1.82) is 0 Å². The molecule has 5 nitrogen and oxygen atoms in total. The second-order valence-corrected chi connectivity index (χ2v) is 6.85. The lowest BCUT2D eigenvalue weighted by Crippen LogP contribution is -2.41. The monoisotopic (exact) mass is 354 g/mol. The third kappa shape index (κ3) is 2.64. The van der Waals surface area contributed by atoms with Crippen molar-refractivity contribution in [3.63, 3.8) is 0 Å². The Bertz CT molecular complexity index is 926. The first-order chi connectivity index (χ1) is 11.1. The first kappa shape index (κ1) is 16.4. The highest BCUT2D eigenvalue weighted by atomic mass is 32.1. The van der Waals surface area contributed by atoms with Crippen LogP contribution in [0.1, 0.15) is 18.7 Å². The molecule has 3 heterocycles. The number of aromatic nitrogens is 3. The molecule has 0 aliphatic carbocycles. The number of fused-ring (bicyclic) bond motifs is 1. The van der Waals surface area contributed by atoms with E-state index in [-0.39, 0.29) is 0 Å². The van der Waals surface area contributed by atoms with Gasteiger partial charge in [0.1, 0.15) is 15.9 Å². The number of hydrogen-bond acceptors (Lipinski definition) is 4. The van der Waals surface area contributed by atoms with Gasteiger partial charge in [0.15, 0.2) is 0 Å². The average molecular weight is 354 g/mol. The van der Waals surface area contributed by atoms with Crippen LogP contribution in [0.4, 0.5) is 13.2 Å². The van der Waals surface area contributed by atoms with Crippen LogP contribution in [-0.4, -0.2) is 20.7 Å². The molecule has 24 heavy (non-hydrogen) atoms. The fourth-order valence-electron chi connectivity index (χ4n) is 2.24. The maximum atomic E-state index is 12.8. The molecular formula is C15H13F3N4OS. The summed E-state index contributed by atoms with van der Waals surface area (Å²) in [4.78, 5) is 15.6.